The van der Waals surface area contributed by atoms with Gasteiger partial charge in [-0.05, 0) is 55.5 Å². The van der Waals surface area contributed by atoms with E-state index in [-0.39, 0.29) is 11.5 Å². The molecule has 0 saturated heterocycles. The van der Waals surface area contributed by atoms with E-state index in [1.165, 1.54) is 0 Å². The fourth-order valence-corrected chi connectivity index (χ4v) is 6.88. The number of hydrogen-bond donors (Lipinski definition) is 2. The van der Waals surface area contributed by atoms with Crippen molar-refractivity contribution in [3.05, 3.63) is 88.8 Å². The normalized spacial score (nSPS) is 18.7. The average Bonchev–Trinajstić information content (AvgIpc) is 3.72. The monoisotopic (exact) mass is 561 g/mol. The van der Waals surface area contributed by atoms with Gasteiger partial charge in [0.2, 0.25) is 10.0 Å². The quantitative estimate of drug-likeness (QED) is 0.336. The summed E-state index contributed by atoms with van der Waals surface area (Å²) in [5.41, 5.74) is 4.11. The van der Waals surface area contributed by atoms with Gasteiger partial charge in [-0.25, -0.2) is 18.1 Å². The molecule has 1 aliphatic carbocycles. The summed E-state index contributed by atoms with van der Waals surface area (Å²) < 4.78 is 32.9. The fourth-order valence-electron chi connectivity index (χ4n) is 4.82. The molecule has 200 valence electrons. The van der Waals surface area contributed by atoms with Crippen molar-refractivity contribution in [1.29, 1.82) is 0 Å². The standard InChI is InChI=1S/C29H27N3O5S2/c1-17-30-15-27(38-17)19-6-8-21(31-14-19)12-20-16-37-26-13-18(7-11-25(26)28(20)33)23-4-2-3-5-24(23)29(34)32-39(35,36)22-9-10-22/h2-8,11,13-15,20,22,28,33H,9-10,12,16H2,1H3,(H,32,34)/t20-,28+/m0/s1. The lowest BCUT2D eigenvalue weighted by molar-refractivity contribution is 0.0503. The van der Waals surface area contributed by atoms with E-state index in [0.717, 1.165) is 21.1 Å². The number of nitrogens with one attached hydrogen (secondary N) is 1. The highest BCUT2D eigenvalue weighted by Gasteiger charge is 2.37. The largest absolute Gasteiger partial charge is 0.493 e. The molecule has 1 saturated carbocycles. The molecule has 2 aromatic heterocycles. The topological polar surface area (TPSA) is 118 Å². The number of benzene rings is 2. The molecule has 6 rings (SSSR count). The highest BCUT2D eigenvalue weighted by Crippen LogP contribution is 2.40. The molecule has 0 spiro atoms. The van der Waals surface area contributed by atoms with E-state index >= 15 is 0 Å². The number of carbonyl (C=O) groups excluding carboxylic acids is 1. The van der Waals surface area contributed by atoms with E-state index in [2.05, 4.69) is 14.7 Å². The summed E-state index contributed by atoms with van der Waals surface area (Å²) in [5, 5.41) is 11.7. The SMILES string of the molecule is Cc1ncc(-c2ccc(C[C@H]3COc4cc(-c5ccccc5C(=O)NS(=O)(=O)C5CC5)ccc4[C@@H]3O)nc2)s1. The maximum atomic E-state index is 12.9. The number of pyridine rings is 1. The molecule has 10 heteroatoms. The molecule has 2 N–H and O–H groups in total. The summed E-state index contributed by atoms with van der Waals surface area (Å²) >= 11 is 1.62. The van der Waals surface area contributed by atoms with Gasteiger partial charge in [-0.15, -0.1) is 11.3 Å². The summed E-state index contributed by atoms with van der Waals surface area (Å²) in [6.45, 7) is 2.29. The maximum Gasteiger partial charge on any atom is 0.265 e. The molecule has 1 aliphatic heterocycles. The molecule has 4 aromatic rings. The number of rotatable bonds is 7. The van der Waals surface area contributed by atoms with E-state index in [0.29, 0.717) is 48.3 Å². The van der Waals surface area contributed by atoms with Crippen LogP contribution in [0, 0.1) is 12.8 Å². The van der Waals surface area contributed by atoms with E-state index in [9.17, 15) is 18.3 Å². The van der Waals surface area contributed by atoms with Gasteiger partial charge in [0.1, 0.15) is 5.75 Å². The number of aromatic nitrogens is 2. The first-order valence-corrected chi connectivity index (χ1v) is 15.1. The fraction of sp³-hybridized carbons (Fsp3) is 0.276. The molecule has 1 amide bonds. The van der Waals surface area contributed by atoms with Crippen LogP contribution in [0.5, 0.6) is 5.75 Å². The van der Waals surface area contributed by atoms with Crippen LogP contribution in [0.3, 0.4) is 0 Å². The summed E-state index contributed by atoms with van der Waals surface area (Å²) in [6.07, 6.45) is 4.65. The third kappa shape index (κ3) is 5.32. The maximum absolute atomic E-state index is 12.9. The first-order chi connectivity index (χ1) is 18.8. The van der Waals surface area contributed by atoms with Crippen molar-refractivity contribution < 1.29 is 23.1 Å². The van der Waals surface area contributed by atoms with Crippen molar-refractivity contribution >= 4 is 27.3 Å². The Balaban J connectivity index is 1.19. The third-order valence-electron chi connectivity index (χ3n) is 7.11. The zero-order chi connectivity index (χ0) is 27.1. The highest BCUT2D eigenvalue weighted by atomic mass is 32.2. The summed E-state index contributed by atoms with van der Waals surface area (Å²) in [4.78, 5) is 22.8. The van der Waals surface area contributed by atoms with E-state index < -0.39 is 27.3 Å². The lowest BCUT2D eigenvalue weighted by atomic mass is 9.88. The Kier molecular flexibility index (Phi) is 6.70. The number of ether oxygens (including phenoxy) is 1. The number of thiazole rings is 1. The minimum atomic E-state index is -3.67. The van der Waals surface area contributed by atoms with E-state index in [1.54, 1.807) is 47.7 Å². The molecule has 2 aliphatic rings. The molecule has 0 unspecified atom stereocenters. The van der Waals surface area contributed by atoms with Crippen LogP contribution < -0.4 is 9.46 Å². The Hall–Kier alpha value is -3.60. The van der Waals surface area contributed by atoms with Crippen molar-refractivity contribution in [2.45, 2.75) is 37.5 Å². The van der Waals surface area contributed by atoms with Gasteiger partial charge in [-0.3, -0.25) is 9.78 Å². The van der Waals surface area contributed by atoms with Gasteiger partial charge in [0.25, 0.3) is 5.91 Å². The second-order valence-corrected chi connectivity index (χ2v) is 13.2. The number of hydrogen-bond acceptors (Lipinski definition) is 8. The highest BCUT2D eigenvalue weighted by molar-refractivity contribution is 7.91. The number of nitrogens with zero attached hydrogens (tertiary/aromatic N) is 2. The molecule has 2 aromatic carbocycles. The smallest absolute Gasteiger partial charge is 0.265 e. The molecule has 0 bridgehead atoms. The molecule has 1 fully saturated rings. The van der Waals surface area contributed by atoms with Gasteiger partial charge in [-0.2, -0.15) is 0 Å². The van der Waals surface area contributed by atoms with Crippen LogP contribution in [-0.2, 0) is 16.4 Å². The van der Waals surface area contributed by atoms with Crippen LogP contribution in [0.4, 0.5) is 0 Å². The van der Waals surface area contributed by atoms with Crippen LogP contribution in [0.2, 0.25) is 0 Å². The van der Waals surface area contributed by atoms with Gasteiger partial charge in [0.15, 0.2) is 0 Å². The molecule has 0 radical (unpaired) electrons. The Bertz CT molecular complexity index is 1650. The third-order valence-corrected chi connectivity index (χ3v) is 9.90. The molecule has 2 atom stereocenters. The Morgan fingerprint density at radius 3 is 2.59 bits per heavy atom. The summed E-state index contributed by atoms with van der Waals surface area (Å²) in [5.74, 6) is -0.279. The average molecular weight is 562 g/mol. The Labute approximate surface area is 230 Å². The Morgan fingerprint density at radius 2 is 1.87 bits per heavy atom. The van der Waals surface area contributed by atoms with Crippen molar-refractivity contribution in [3.63, 3.8) is 0 Å². The minimum Gasteiger partial charge on any atom is -0.493 e. The van der Waals surface area contributed by atoms with Gasteiger partial charge in [-0.1, -0.05) is 36.4 Å². The van der Waals surface area contributed by atoms with E-state index in [1.807, 2.05) is 37.5 Å². The van der Waals surface area contributed by atoms with Gasteiger partial charge in [0, 0.05) is 40.7 Å². The zero-order valence-corrected chi connectivity index (χ0v) is 22.8. The van der Waals surface area contributed by atoms with Crippen molar-refractivity contribution in [1.82, 2.24) is 14.7 Å². The number of sulfonamides is 1. The van der Waals surface area contributed by atoms with Gasteiger partial charge in [0.05, 0.1) is 27.8 Å². The van der Waals surface area contributed by atoms with Crippen LogP contribution in [0.1, 0.15) is 45.6 Å². The van der Waals surface area contributed by atoms with Crippen molar-refractivity contribution in [2.24, 2.45) is 5.92 Å². The number of fused-ring (bicyclic) bond motifs is 1. The van der Waals surface area contributed by atoms with E-state index in [4.69, 9.17) is 4.74 Å². The predicted octanol–water partition coefficient (Wildman–Crippen LogP) is 4.69. The molecule has 3 heterocycles. The first kappa shape index (κ1) is 25.7. The molecular formula is C29H27N3O5S2. The Morgan fingerprint density at radius 1 is 1.08 bits per heavy atom. The molecule has 39 heavy (non-hydrogen) atoms. The first-order valence-electron chi connectivity index (χ1n) is 12.8. The number of carbonyl (C=O) groups is 1. The number of aliphatic hydroxyl groups is 1. The van der Waals surface area contributed by atoms with Crippen molar-refractivity contribution in [3.8, 4) is 27.3 Å². The molecular weight excluding hydrogens is 534 g/mol. The summed E-state index contributed by atoms with van der Waals surface area (Å²) in [7, 11) is -3.67. The van der Waals surface area contributed by atoms with Gasteiger partial charge >= 0.3 is 0 Å². The number of aliphatic hydroxyl groups excluding tert-OH is 1. The van der Waals surface area contributed by atoms with Crippen LogP contribution in [-0.4, -0.2) is 41.3 Å². The predicted molar refractivity (Wildman–Crippen MR) is 149 cm³/mol. The number of amides is 1. The molecule has 8 nitrogen and oxygen atoms in total. The second kappa shape index (κ2) is 10.2. The van der Waals surface area contributed by atoms with Crippen LogP contribution in [0.15, 0.2) is 67.0 Å². The van der Waals surface area contributed by atoms with Gasteiger partial charge < -0.3 is 9.84 Å². The summed E-state index contributed by atoms with van der Waals surface area (Å²) in [6, 6.07) is 16.3. The number of aryl methyl sites for hydroxylation is 1. The lowest BCUT2D eigenvalue weighted by Gasteiger charge is -2.30. The zero-order valence-electron chi connectivity index (χ0n) is 21.2. The lowest BCUT2D eigenvalue weighted by Crippen LogP contribution is -2.33. The van der Waals surface area contributed by atoms with Crippen LogP contribution in [0.25, 0.3) is 21.6 Å². The van der Waals surface area contributed by atoms with Crippen molar-refractivity contribution in [2.75, 3.05) is 6.61 Å². The second-order valence-electron chi connectivity index (χ2n) is 9.98. The van der Waals surface area contributed by atoms with Crippen LogP contribution >= 0.6 is 11.3 Å². The minimum absolute atomic E-state index is 0.168.